The van der Waals surface area contributed by atoms with Crippen molar-refractivity contribution in [1.82, 2.24) is 10.6 Å². The quantitative estimate of drug-likeness (QED) is 0.701. The molecule has 2 rings (SSSR count). The molecule has 0 radical (unpaired) electrons. The van der Waals surface area contributed by atoms with Crippen LogP contribution in [0.25, 0.3) is 0 Å². The van der Waals surface area contributed by atoms with Crippen LogP contribution in [0.1, 0.15) is 36.7 Å². The van der Waals surface area contributed by atoms with Gasteiger partial charge < -0.3 is 20.7 Å². The zero-order valence-electron chi connectivity index (χ0n) is 16.3. The van der Waals surface area contributed by atoms with Crippen LogP contribution in [0, 0.1) is 0 Å². The summed E-state index contributed by atoms with van der Waals surface area (Å²) < 4.78 is 5.11. The van der Waals surface area contributed by atoms with Crippen LogP contribution < -0.4 is 20.7 Å². The van der Waals surface area contributed by atoms with Gasteiger partial charge in [-0.25, -0.2) is 0 Å². The molecule has 0 saturated heterocycles. The maximum Gasteiger partial charge on any atom is 0.251 e. The number of benzene rings is 2. The molecule has 0 spiro atoms. The summed E-state index contributed by atoms with van der Waals surface area (Å²) in [6, 6.07) is 14.6. The molecule has 6 heteroatoms. The molecule has 2 aromatic carbocycles. The van der Waals surface area contributed by atoms with Crippen LogP contribution in [0.5, 0.6) is 5.75 Å². The van der Waals surface area contributed by atoms with Gasteiger partial charge in [-0.1, -0.05) is 12.1 Å². The highest BCUT2D eigenvalue weighted by molar-refractivity contribution is 5.95. The Labute approximate surface area is 160 Å². The Morgan fingerprint density at radius 3 is 2.15 bits per heavy atom. The van der Waals surface area contributed by atoms with E-state index in [0.717, 1.165) is 17.0 Å². The SMILES string of the molecule is COc1ccc(CNC(=O)CNc2ccc(C(=O)NC(C)(C)C)cc2)cc1. The molecule has 0 saturated carbocycles. The van der Waals surface area contributed by atoms with Crippen LogP contribution in [0.2, 0.25) is 0 Å². The summed E-state index contributed by atoms with van der Waals surface area (Å²) in [6.45, 7) is 6.42. The van der Waals surface area contributed by atoms with E-state index in [1.165, 1.54) is 0 Å². The van der Waals surface area contributed by atoms with E-state index in [1.54, 1.807) is 31.4 Å². The maximum atomic E-state index is 12.1. The molecule has 0 atom stereocenters. The Hall–Kier alpha value is -3.02. The smallest absolute Gasteiger partial charge is 0.251 e. The molecule has 0 heterocycles. The monoisotopic (exact) mass is 369 g/mol. The minimum Gasteiger partial charge on any atom is -0.497 e. The van der Waals surface area contributed by atoms with Gasteiger partial charge in [0.2, 0.25) is 5.91 Å². The van der Waals surface area contributed by atoms with E-state index in [-0.39, 0.29) is 23.9 Å². The third-order valence-corrected chi connectivity index (χ3v) is 3.74. The van der Waals surface area contributed by atoms with Gasteiger partial charge >= 0.3 is 0 Å². The van der Waals surface area contributed by atoms with Gasteiger partial charge in [0.15, 0.2) is 0 Å². The topological polar surface area (TPSA) is 79.5 Å². The van der Waals surface area contributed by atoms with Crippen LogP contribution in [0.4, 0.5) is 5.69 Å². The van der Waals surface area contributed by atoms with Crippen molar-refractivity contribution < 1.29 is 14.3 Å². The van der Waals surface area contributed by atoms with Crippen LogP contribution in [-0.2, 0) is 11.3 Å². The summed E-state index contributed by atoms with van der Waals surface area (Å²) >= 11 is 0. The van der Waals surface area contributed by atoms with Crippen LogP contribution in [0.15, 0.2) is 48.5 Å². The van der Waals surface area contributed by atoms with E-state index < -0.39 is 0 Å². The van der Waals surface area contributed by atoms with Gasteiger partial charge in [-0.3, -0.25) is 9.59 Å². The minimum absolute atomic E-state index is 0.111. The van der Waals surface area contributed by atoms with Crippen LogP contribution in [-0.4, -0.2) is 31.0 Å². The molecular weight excluding hydrogens is 342 g/mol. The standard InChI is InChI=1S/C21H27N3O3/c1-21(2,3)24-20(26)16-7-9-17(10-8-16)22-14-19(25)23-13-15-5-11-18(27-4)12-6-15/h5-12,22H,13-14H2,1-4H3,(H,23,25)(H,24,26). The molecule has 0 aliphatic carbocycles. The molecule has 0 bridgehead atoms. The fourth-order valence-corrected chi connectivity index (χ4v) is 2.34. The van der Waals surface area contributed by atoms with E-state index >= 15 is 0 Å². The van der Waals surface area contributed by atoms with E-state index in [0.29, 0.717) is 12.1 Å². The average molecular weight is 369 g/mol. The number of carbonyl (C=O) groups is 2. The number of hydrogen-bond donors (Lipinski definition) is 3. The van der Waals surface area contributed by atoms with E-state index in [1.807, 2.05) is 45.0 Å². The van der Waals surface area contributed by atoms with Crippen molar-refractivity contribution >= 4 is 17.5 Å². The summed E-state index contributed by atoms with van der Waals surface area (Å²) in [6.07, 6.45) is 0. The van der Waals surface area contributed by atoms with Gasteiger partial charge in [0.25, 0.3) is 5.91 Å². The van der Waals surface area contributed by atoms with Crippen molar-refractivity contribution in [2.24, 2.45) is 0 Å². The first kappa shape index (κ1) is 20.3. The first-order chi connectivity index (χ1) is 12.8. The van der Waals surface area contributed by atoms with Crippen molar-refractivity contribution in [2.45, 2.75) is 32.9 Å². The molecule has 2 amide bonds. The summed E-state index contributed by atoms with van der Waals surface area (Å²) in [5.41, 5.74) is 2.08. The molecule has 0 aliphatic heterocycles. The molecule has 0 aliphatic rings. The van der Waals surface area contributed by atoms with Crippen molar-refractivity contribution in [1.29, 1.82) is 0 Å². The van der Waals surface area contributed by atoms with Crippen LogP contribution in [0.3, 0.4) is 0 Å². The van der Waals surface area contributed by atoms with E-state index in [9.17, 15) is 9.59 Å². The fraction of sp³-hybridized carbons (Fsp3) is 0.333. The van der Waals surface area contributed by atoms with Gasteiger partial charge in [-0.2, -0.15) is 0 Å². The number of nitrogens with one attached hydrogen (secondary N) is 3. The lowest BCUT2D eigenvalue weighted by Crippen LogP contribution is -2.40. The third kappa shape index (κ3) is 7.01. The predicted molar refractivity (Wildman–Crippen MR) is 107 cm³/mol. The number of methoxy groups -OCH3 is 1. The summed E-state index contributed by atoms with van der Waals surface area (Å²) in [5, 5.41) is 8.82. The lowest BCUT2D eigenvalue weighted by molar-refractivity contribution is -0.119. The number of amides is 2. The second kappa shape index (κ2) is 9.07. The average Bonchev–Trinajstić information content (AvgIpc) is 2.64. The van der Waals surface area contributed by atoms with Gasteiger partial charge in [0, 0.05) is 23.3 Å². The van der Waals surface area contributed by atoms with Gasteiger partial charge in [0.1, 0.15) is 5.75 Å². The number of rotatable bonds is 7. The zero-order valence-corrected chi connectivity index (χ0v) is 16.3. The first-order valence-electron chi connectivity index (χ1n) is 8.83. The Morgan fingerprint density at radius 1 is 0.963 bits per heavy atom. The molecule has 3 N–H and O–H groups in total. The normalized spacial score (nSPS) is 10.8. The third-order valence-electron chi connectivity index (χ3n) is 3.74. The first-order valence-corrected chi connectivity index (χ1v) is 8.83. The summed E-state index contributed by atoms with van der Waals surface area (Å²) in [5.74, 6) is 0.554. The fourth-order valence-electron chi connectivity index (χ4n) is 2.34. The highest BCUT2D eigenvalue weighted by Crippen LogP contribution is 2.12. The molecular formula is C21H27N3O3. The Balaban J connectivity index is 1.78. The van der Waals surface area contributed by atoms with E-state index in [4.69, 9.17) is 4.74 Å². The highest BCUT2D eigenvalue weighted by atomic mass is 16.5. The maximum absolute atomic E-state index is 12.1. The number of ether oxygens (including phenoxy) is 1. The molecule has 2 aromatic rings. The molecule has 0 aromatic heterocycles. The Bertz CT molecular complexity index is 763. The largest absolute Gasteiger partial charge is 0.497 e. The van der Waals surface area contributed by atoms with Crippen molar-refractivity contribution in [2.75, 3.05) is 19.0 Å². The predicted octanol–water partition coefficient (Wildman–Crippen LogP) is 2.95. The lowest BCUT2D eigenvalue weighted by atomic mass is 10.1. The van der Waals surface area contributed by atoms with Crippen molar-refractivity contribution in [3.05, 3.63) is 59.7 Å². The Morgan fingerprint density at radius 2 is 1.59 bits per heavy atom. The molecule has 27 heavy (non-hydrogen) atoms. The molecule has 6 nitrogen and oxygen atoms in total. The number of anilines is 1. The second-order valence-electron chi connectivity index (χ2n) is 7.26. The Kier molecular flexibility index (Phi) is 6.82. The number of carbonyl (C=O) groups excluding carboxylic acids is 2. The zero-order chi connectivity index (χ0) is 19.9. The van der Waals surface area contributed by atoms with Gasteiger partial charge in [-0.15, -0.1) is 0 Å². The van der Waals surface area contributed by atoms with Crippen LogP contribution >= 0.6 is 0 Å². The molecule has 0 unspecified atom stereocenters. The number of hydrogen-bond acceptors (Lipinski definition) is 4. The van der Waals surface area contributed by atoms with E-state index in [2.05, 4.69) is 16.0 Å². The van der Waals surface area contributed by atoms with Crippen molar-refractivity contribution in [3.63, 3.8) is 0 Å². The summed E-state index contributed by atoms with van der Waals surface area (Å²) in [4.78, 5) is 24.1. The molecule has 144 valence electrons. The van der Waals surface area contributed by atoms with Gasteiger partial charge in [-0.05, 0) is 62.7 Å². The highest BCUT2D eigenvalue weighted by Gasteiger charge is 2.15. The lowest BCUT2D eigenvalue weighted by Gasteiger charge is -2.20. The van der Waals surface area contributed by atoms with Gasteiger partial charge in [0.05, 0.1) is 13.7 Å². The summed E-state index contributed by atoms with van der Waals surface area (Å²) in [7, 11) is 1.62. The molecule has 0 fully saturated rings. The minimum atomic E-state index is -0.282. The second-order valence-corrected chi connectivity index (χ2v) is 7.26. The van der Waals surface area contributed by atoms with Crippen molar-refractivity contribution in [3.8, 4) is 5.75 Å².